The van der Waals surface area contributed by atoms with Crippen LogP contribution >= 0.6 is 15.9 Å². The predicted octanol–water partition coefficient (Wildman–Crippen LogP) is 4.78. The minimum absolute atomic E-state index is 0.781. The zero-order valence-electron chi connectivity index (χ0n) is 10.9. The molecule has 0 N–H and O–H groups in total. The lowest BCUT2D eigenvalue weighted by Gasteiger charge is -2.33. The fourth-order valence-electron chi connectivity index (χ4n) is 2.95. The first-order valence-corrected chi connectivity index (χ1v) is 7.82. The first-order valence-electron chi connectivity index (χ1n) is 6.91. The van der Waals surface area contributed by atoms with Crippen LogP contribution in [0, 0.1) is 11.8 Å². The molecular formula is C14H27BrO. The Balaban J connectivity index is 2.21. The second-order valence-electron chi connectivity index (χ2n) is 5.23. The van der Waals surface area contributed by atoms with Crippen LogP contribution in [0.3, 0.4) is 0 Å². The summed E-state index contributed by atoms with van der Waals surface area (Å²) in [7, 11) is 1.80. The number of halogens is 1. The highest BCUT2D eigenvalue weighted by molar-refractivity contribution is 9.09. The third-order valence-electron chi connectivity index (χ3n) is 3.87. The SMILES string of the molecule is CCCC1CCC(Br)C(CCCCOC)C1. The summed E-state index contributed by atoms with van der Waals surface area (Å²) < 4.78 is 5.11. The van der Waals surface area contributed by atoms with Gasteiger partial charge in [-0.05, 0) is 43.9 Å². The smallest absolute Gasteiger partial charge is 0.0462 e. The van der Waals surface area contributed by atoms with Crippen molar-refractivity contribution in [2.24, 2.45) is 11.8 Å². The summed E-state index contributed by atoms with van der Waals surface area (Å²) in [6.45, 7) is 3.24. The van der Waals surface area contributed by atoms with Crippen LogP contribution in [0.15, 0.2) is 0 Å². The highest BCUT2D eigenvalue weighted by atomic mass is 79.9. The van der Waals surface area contributed by atoms with E-state index in [1.54, 1.807) is 7.11 Å². The molecule has 0 radical (unpaired) electrons. The number of methoxy groups -OCH3 is 1. The molecule has 1 rings (SSSR count). The molecule has 0 spiro atoms. The number of hydrogen-bond donors (Lipinski definition) is 0. The molecule has 2 heteroatoms. The molecular weight excluding hydrogens is 264 g/mol. The lowest BCUT2D eigenvalue weighted by molar-refractivity contribution is 0.185. The number of alkyl halides is 1. The van der Waals surface area contributed by atoms with Gasteiger partial charge in [-0.1, -0.05) is 42.1 Å². The number of rotatable bonds is 7. The van der Waals surface area contributed by atoms with Crippen LogP contribution in [0.25, 0.3) is 0 Å². The standard InChI is InChI=1S/C14H27BrO/c1-3-6-12-8-9-14(15)13(11-12)7-4-5-10-16-2/h12-14H,3-11H2,1-2H3. The highest BCUT2D eigenvalue weighted by Gasteiger charge is 2.27. The van der Waals surface area contributed by atoms with Crippen molar-refractivity contribution in [3.05, 3.63) is 0 Å². The van der Waals surface area contributed by atoms with E-state index in [0.717, 1.165) is 23.3 Å². The largest absolute Gasteiger partial charge is 0.385 e. The summed E-state index contributed by atoms with van der Waals surface area (Å²) >= 11 is 3.87. The fraction of sp³-hybridized carbons (Fsp3) is 1.00. The third-order valence-corrected chi connectivity index (χ3v) is 5.07. The Labute approximate surface area is 109 Å². The maximum absolute atomic E-state index is 5.11. The maximum Gasteiger partial charge on any atom is 0.0462 e. The van der Waals surface area contributed by atoms with Gasteiger partial charge in [0, 0.05) is 18.5 Å². The van der Waals surface area contributed by atoms with Crippen molar-refractivity contribution >= 4 is 15.9 Å². The van der Waals surface area contributed by atoms with Crippen LogP contribution in [-0.4, -0.2) is 18.5 Å². The Kier molecular flexibility index (Phi) is 7.72. The van der Waals surface area contributed by atoms with Gasteiger partial charge in [0.2, 0.25) is 0 Å². The van der Waals surface area contributed by atoms with E-state index in [4.69, 9.17) is 4.74 Å². The summed E-state index contributed by atoms with van der Waals surface area (Å²) in [5.74, 6) is 1.92. The Hall–Kier alpha value is 0.440. The molecule has 1 aliphatic rings. The molecule has 3 unspecified atom stereocenters. The number of ether oxygens (including phenoxy) is 1. The third kappa shape index (κ3) is 5.18. The quantitative estimate of drug-likeness (QED) is 0.484. The fourth-order valence-corrected chi connectivity index (χ4v) is 3.69. The van der Waals surface area contributed by atoms with E-state index in [1.807, 2.05) is 0 Å². The molecule has 0 bridgehead atoms. The van der Waals surface area contributed by atoms with Crippen molar-refractivity contribution in [2.75, 3.05) is 13.7 Å². The lowest BCUT2D eigenvalue weighted by atomic mass is 9.77. The van der Waals surface area contributed by atoms with Gasteiger partial charge in [-0.15, -0.1) is 0 Å². The minimum Gasteiger partial charge on any atom is -0.385 e. The lowest BCUT2D eigenvalue weighted by Crippen LogP contribution is -2.25. The van der Waals surface area contributed by atoms with Crippen molar-refractivity contribution in [3.8, 4) is 0 Å². The molecule has 1 nitrogen and oxygen atoms in total. The van der Waals surface area contributed by atoms with Gasteiger partial charge < -0.3 is 4.74 Å². The zero-order valence-corrected chi connectivity index (χ0v) is 12.5. The molecule has 1 aliphatic carbocycles. The van der Waals surface area contributed by atoms with E-state index in [0.29, 0.717) is 0 Å². The van der Waals surface area contributed by atoms with Crippen LogP contribution in [-0.2, 0) is 4.74 Å². The first kappa shape index (κ1) is 14.5. The van der Waals surface area contributed by atoms with Crippen LogP contribution in [0.4, 0.5) is 0 Å². The van der Waals surface area contributed by atoms with Crippen molar-refractivity contribution in [3.63, 3.8) is 0 Å². The van der Waals surface area contributed by atoms with Gasteiger partial charge >= 0.3 is 0 Å². The average molecular weight is 291 g/mol. The molecule has 1 fully saturated rings. The van der Waals surface area contributed by atoms with Gasteiger partial charge in [0.15, 0.2) is 0 Å². The minimum atomic E-state index is 0.781. The first-order chi connectivity index (χ1) is 7.77. The van der Waals surface area contributed by atoms with E-state index in [9.17, 15) is 0 Å². The zero-order chi connectivity index (χ0) is 11.8. The molecule has 96 valence electrons. The van der Waals surface area contributed by atoms with E-state index in [-0.39, 0.29) is 0 Å². The molecule has 0 aromatic rings. The average Bonchev–Trinajstić information content (AvgIpc) is 2.29. The maximum atomic E-state index is 5.11. The van der Waals surface area contributed by atoms with Crippen molar-refractivity contribution in [2.45, 2.75) is 63.1 Å². The molecule has 0 aliphatic heterocycles. The molecule has 1 saturated carbocycles. The van der Waals surface area contributed by atoms with E-state index >= 15 is 0 Å². The molecule has 0 amide bonds. The van der Waals surface area contributed by atoms with Gasteiger partial charge in [0.25, 0.3) is 0 Å². The molecule has 0 aromatic heterocycles. The van der Waals surface area contributed by atoms with Crippen LogP contribution in [0.2, 0.25) is 0 Å². The van der Waals surface area contributed by atoms with E-state index < -0.39 is 0 Å². The van der Waals surface area contributed by atoms with Gasteiger partial charge in [-0.2, -0.15) is 0 Å². The van der Waals surface area contributed by atoms with Crippen molar-refractivity contribution in [1.29, 1.82) is 0 Å². The van der Waals surface area contributed by atoms with Gasteiger partial charge in [-0.25, -0.2) is 0 Å². The Morgan fingerprint density at radius 3 is 2.69 bits per heavy atom. The summed E-state index contributed by atoms with van der Waals surface area (Å²) in [4.78, 5) is 0.781. The Morgan fingerprint density at radius 2 is 2.00 bits per heavy atom. The second-order valence-corrected chi connectivity index (χ2v) is 6.41. The summed E-state index contributed by atoms with van der Waals surface area (Å²) in [6.07, 6.45) is 11.0. The Bertz CT molecular complexity index is 172. The monoisotopic (exact) mass is 290 g/mol. The van der Waals surface area contributed by atoms with Crippen molar-refractivity contribution < 1.29 is 4.74 Å². The molecule has 0 aromatic carbocycles. The highest BCUT2D eigenvalue weighted by Crippen LogP contribution is 2.38. The van der Waals surface area contributed by atoms with Gasteiger partial charge in [-0.3, -0.25) is 0 Å². The van der Waals surface area contributed by atoms with E-state index in [2.05, 4.69) is 22.9 Å². The Morgan fingerprint density at radius 1 is 1.19 bits per heavy atom. The topological polar surface area (TPSA) is 9.23 Å². The van der Waals surface area contributed by atoms with Crippen LogP contribution in [0.5, 0.6) is 0 Å². The molecule has 3 atom stereocenters. The molecule has 0 heterocycles. The second kappa shape index (κ2) is 8.52. The molecule has 16 heavy (non-hydrogen) atoms. The van der Waals surface area contributed by atoms with Crippen LogP contribution < -0.4 is 0 Å². The van der Waals surface area contributed by atoms with E-state index in [1.165, 1.54) is 51.4 Å². The predicted molar refractivity (Wildman–Crippen MR) is 74.2 cm³/mol. The molecule has 0 saturated heterocycles. The number of unbranched alkanes of at least 4 members (excludes halogenated alkanes) is 1. The summed E-state index contributed by atoms with van der Waals surface area (Å²) in [5.41, 5.74) is 0. The number of hydrogen-bond acceptors (Lipinski definition) is 1. The van der Waals surface area contributed by atoms with Gasteiger partial charge in [0.1, 0.15) is 0 Å². The van der Waals surface area contributed by atoms with Gasteiger partial charge in [0.05, 0.1) is 0 Å². The summed E-state index contributed by atoms with van der Waals surface area (Å²) in [5, 5.41) is 0. The normalized spacial score (nSPS) is 30.6. The summed E-state index contributed by atoms with van der Waals surface area (Å²) in [6, 6.07) is 0. The van der Waals surface area contributed by atoms with Crippen LogP contribution in [0.1, 0.15) is 58.3 Å². The van der Waals surface area contributed by atoms with Crippen molar-refractivity contribution in [1.82, 2.24) is 0 Å².